The van der Waals surface area contributed by atoms with Crippen molar-refractivity contribution in [3.8, 4) is 0 Å². The average molecular weight is 275 g/mol. The Hall–Kier alpha value is -1.51. The first kappa shape index (κ1) is 17.5. The first-order valence-electron chi connectivity index (χ1n) is 5.90. The molecule has 0 spiro atoms. The van der Waals surface area contributed by atoms with E-state index in [4.69, 9.17) is 15.9 Å². The van der Waals surface area contributed by atoms with E-state index in [-0.39, 0.29) is 38.6 Å². The van der Waals surface area contributed by atoms with Gasteiger partial charge >= 0.3 is 5.97 Å². The fourth-order valence-electron chi connectivity index (χ4n) is 1.63. The van der Waals surface area contributed by atoms with Gasteiger partial charge in [0.25, 0.3) is 0 Å². The predicted octanol–water partition coefficient (Wildman–Crippen LogP) is -2.26. The number of Topliss-reactive ketones (excluding diaryl/α,β-unsaturated/α-hetero) is 1. The summed E-state index contributed by atoms with van der Waals surface area (Å²) < 4.78 is 0. The Bertz CT molecular complexity index is 305. The number of rotatable bonds is 11. The number of hydrogen-bond acceptors (Lipinski definition) is 6. The molecule has 0 heterocycles. The van der Waals surface area contributed by atoms with E-state index in [9.17, 15) is 14.4 Å². The maximum atomic E-state index is 11.0. The molecule has 0 aromatic carbocycles. The van der Waals surface area contributed by atoms with E-state index in [1.807, 2.05) is 0 Å². The minimum atomic E-state index is -1.02. The Morgan fingerprint density at radius 2 is 1.58 bits per heavy atom. The van der Waals surface area contributed by atoms with E-state index in [1.165, 1.54) is 11.8 Å². The molecule has 0 aliphatic rings. The van der Waals surface area contributed by atoms with Crippen LogP contribution < -0.4 is 5.73 Å². The van der Waals surface area contributed by atoms with Crippen LogP contribution in [0, 0.1) is 0 Å². The van der Waals surface area contributed by atoms with E-state index in [2.05, 4.69) is 0 Å². The standard InChI is InChI=1S/C11H21N3O5/c1-9(16)6-14(8-11(18)19)3-2-13(4-5-15)7-10(12)17/h15H,2-8H2,1H3,(H2,12,17)(H,18,19). The number of hydrogen-bond donors (Lipinski definition) is 3. The number of nitrogens with two attached hydrogens (primary N) is 1. The van der Waals surface area contributed by atoms with Crippen LogP contribution in [0.1, 0.15) is 6.92 Å². The molecule has 0 fully saturated rings. The minimum Gasteiger partial charge on any atom is -0.480 e. The summed E-state index contributed by atoms with van der Waals surface area (Å²) in [6.45, 7) is 1.95. The van der Waals surface area contributed by atoms with Crippen LogP contribution in [0.5, 0.6) is 0 Å². The van der Waals surface area contributed by atoms with Crippen LogP contribution in [0.2, 0.25) is 0 Å². The molecule has 110 valence electrons. The lowest BCUT2D eigenvalue weighted by Gasteiger charge is -2.24. The molecule has 0 aromatic heterocycles. The van der Waals surface area contributed by atoms with Gasteiger partial charge in [-0.3, -0.25) is 24.2 Å². The summed E-state index contributed by atoms with van der Waals surface area (Å²) >= 11 is 0. The van der Waals surface area contributed by atoms with Gasteiger partial charge in [-0.2, -0.15) is 0 Å². The van der Waals surface area contributed by atoms with Gasteiger partial charge in [0.05, 0.1) is 26.2 Å². The first-order chi connectivity index (χ1) is 8.85. The Morgan fingerprint density at radius 1 is 1.00 bits per heavy atom. The van der Waals surface area contributed by atoms with Gasteiger partial charge in [-0.05, 0) is 6.92 Å². The number of aliphatic hydroxyl groups is 1. The number of aliphatic hydroxyl groups excluding tert-OH is 1. The fourth-order valence-corrected chi connectivity index (χ4v) is 1.63. The first-order valence-corrected chi connectivity index (χ1v) is 5.90. The summed E-state index contributed by atoms with van der Waals surface area (Å²) in [6.07, 6.45) is 0. The molecule has 8 nitrogen and oxygen atoms in total. The summed E-state index contributed by atoms with van der Waals surface area (Å²) in [5, 5.41) is 17.6. The smallest absolute Gasteiger partial charge is 0.317 e. The number of carboxylic acid groups (broad SMARTS) is 1. The topological polar surface area (TPSA) is 124 Å². The molecule has 0 unspecified atom stereocenters. The zero-order chi connectivity index (χ0) is 14.8. The van der Waals surface area contributed by atoms with Gasteiger partial charge in [-0.25, -0.2) is 0 Å². The van der Waals surface area contributed by atoms with Crippen molar-refractivity contribution in [3.63, 3.8) is 0 Å². The second kappa shape index (κ2) is 9.42. The van der Waals surface area contributed by atoms with Crippen LogP contribution in [-0.2, 0) is 14.4 Å². The van der Waals surface area contributed by atoms with Crippen molar-refractivity contribution in [2.75, 3.05) is 45.9 Å². The van der Waals surface area contributed by atoms with Crippen LogP contribution in [0.3, 0.4) is 0 Å². The van der Waals surface area contributed by atoms with Gasteiger partial charge in [0.15, 0.2) is 0 Å². The SMILES string of the molecule is CC(=O)CN(CCN(CCO)CC(N)=O)CC(=O)O. The maximum absolute atomic E-state index is 11.0. The fraction of sp³-hybridized carbons (Fsp3) is 0.727. The molecule has 19 heavy (non-hydrogen) atoms. The monoisotopic (exact) mass is 275 g/mol. The van der Waals surface area contributed by atoms with Crippen molar-refractivity contribution in [2.45, 2.75) is 6.92 Å². The van der Waals surface area contributed by atoms with Crippen LogP contribution in [-0.4, -0.2) is 83.5 Å². The van der Waals surface area contributed by atoms with Crippen LogP contribution >= 0.6 is 0 Å². The second-order valence-electron chi connectivity index (χ2n) is 4.27. The molecule has 0 saturated heterocycles. The van der Waals surface area contributed by atoms with Gasteiger partial charge in [0.2, 0.25) is 5.91 Å². The number of amides is 1. The van der Waals surface area contributed by atoms with E-state index in [1.54, 1.807) is 4.90 Å². The third-order valence-corrected chi connectivity index (χ3v) is 2.33. The molecular formula is C11H21N3O5. The molecule has 1 amide bonds. The normalized spacial score (nSPS) is 10.9. The molecule has 0 aromatic rings. The summed E-state index contributed by atoms with van der Waals surface area (Å²) in [5.41, 5.74) is 5.07. The Morgan fingerprint density at radius 3 is 2.00 bits per heavy atom. The lowest BCUT2D eigenvalue weighted by Crippen LogP contribution is -2.43. The molecule has 0 bridgehead atoms. The second-order valence-corrected chi connectivity index (χ2v) is 4.27. The number of carboxylic acids is 1. The van der Waals surface area contributed by atoms with Crippen molar-refractivity contribution in [1.82, 2.24) is 9.80 Å². The zero-order valence-corrected chi connectivity index (χ0v) is 11.0. The lowest BCUT2D eigenvalue weighted by molar-refractivity contribution is -0.138. The quantitative estimate of drug-likeness (QED) is 0.389. The number of aliphatic carboxylic acids is 1. The molecule has 4 N–H and O–H groups in total. The lowest BCUT2D eigenvalue weighted by atomic mass is 10.3. The summed E-state index contributed by atoms with van der Waals surface area (Å²) in [5.74, 6) is -1.68. The molecule has 8 heteroatoms. The van der Waals surface area contributed by atoms with Gasteiger partial charge in [-0.15, -0.1) is 0 Å². The Labute approximate surface area is 111 Å². The largest absolute Gasteiger partial charge is 0.480 e. The highest BCUT2D eigenvalue weighted by atomic mass is 16.4. The van der Waals surface area contributed by atoms with Crippen molar-refractivity contribution >= 4 is 17.7 Å². The van der Waals surface area contributed by atoms with Crippen LogP contribution in [0.25, 0.3) is 0 Å². The number of carbonyl (C=O) groups excluding carboxylic acids is 2. The highest BCUT2D eigenvalue weighted by Gasteiger charge is 2.14. The van der Waals surface area contributed by atoms with Gasteiger partial charge in [0.1, 0.15) is 5.78 Å². The summed E-state index contributed by atoms with van der Waals surface area (Å²) in [7, 11) is 0. The molecule has 0 atom stereocenters. The average Bonchev–Trinajstić information content (AvgIpc) is 2.23. The molecule has 0 rings (SSSR count). The maximum Gasteiger partial charge on any atom is 0.317 e. The van der Waals surface area contributed by atoms with E-state index >= 15 is 0 Å². The molecule has 0 aliphatic heterocycles. The summed E-state index contributed by atoms with van der Waals surface area (Å²) in [6, 6.07) is 0. The predicted molar refractivity (Wildman–Crippen MR) is 67.5 cm³/mol. The Kier molecular flexibility index (Phi) is 8.68. The third kappa shape index (κ3) is 10.1. The third-order valence-electron chi connectivity index (χ3n) is 2.33. The van der Waals surface area contributed by atoms with Gasteiger partial charge in [0, 0.05) is 19.6 Å². The van der Waals surface area contributed by atoms with Crippen molar-refractivity contribution in [2.24, 2.45) is 5.73 Å². The van der Waals surface area contributed by atoms with Crippen molar-refractivity contribution in [1.29, 1.82) is 0 Å². The molecule has 0 aliphatic carbocycles. The highest BCUT2D eigenvalue weighted by molar-refractivity contribution is 5.78. The number of carbonyl (C=O) groups is 3. The number of primary amides is 1. The van der Waals surface area contributed by atoms with E-state index in [0.717, 1.165) is 0 Å². The van der Waals surface area contributed by atoms with Crippen LogP contribution in [0.15, 0.2) is 0 Å². The number of ketones is 1. The molecular weight excluding hydrogens is 254 g/mol. The zero-order valence-electron chi connectivity index (χ0n) is 11.0. The minimum absolute atomic E-state index is 0.0124. The van der Waals surface area contributed by atoms with Gasteiger partial charge < -0.3 is 15.9 Å². The van der Waals surface area contributed by atoms with Crippen LogP contribution in [0.4, 0.5) is 0 Å². The van der Waals surface area contributed by atoms with Crippen molar-refractivity contribution < 1.29 is 24.6 Å². The Balaban J connectivity index is 4.34. The molecule has 0 radical (unpaired) electrons. The van der Waals surface area contributed by atoms with Gasteiger partial charge in [-0.1, -0.05) is 0 Å². The van der Waals surface area contributed by atoms with E-state index in [0.29, 0.717) is 13.1 Å². The van der Waals surface area contributed by atoms with Crippen molar-refractivity contribution in [3.05, 3.63) is 0 Å². The molecule has 0 saturated carbocycles. The highest BCUT2D eigenvalue weighted by Crippen LogP contribution is 1.93. The summed E-state index contributed by atoms with van der Waals surface area (Å²) in [4.78, 5) is 35.6. The number of nitrogens with zero attached hydrogens (tertiary/aromatic N) is 2. The van der Waals surface area contributed by atoms with E-state index < -0.39 is 11.9 Å².